The highest BCUT2D eigenvalue weighted by Crippen LogP contribution is 2.27. The van der Waals surface area contributed by atoms with Crippen LogP contribution in [0.1, 0.15) is 32.6 Å². The number of hydrogen-bond acceptors (Lipinski definition) is 4. The lowest BCUT2D eigenvalue weighted by Crippen LogP contribution is -2.39. The summed E-state index contributed by atoms with van der Waals surface area (Å²) in [5, 5.41) is 13.4. The van der Waals surface area contributed by atoms with Crippen LogP contribution in [0.25, 0.3) is 0 Å². The summed E-state index contributed by atoms with van der Waals surface area (Å²) in [6, 6.07) is 7.87. The molecule has 4 heteroatoms. The first-order chi connectivity index (χ1) is 10.2. The van der Waals surface area contributed by atoms with Gasteiger partial charge in [0.1, 0.15) is 24.2 Å². The van der Waals surface area contributed by atoms with Crippen LogP contribution in [0.3, 0.4) is 0 Å². The summed E-state index contributed by atoms with van der Waals surface area (Å²) < 4.78 is 10.7. The van der Waals surface area contributed by atoms with E-state index < -0.39 is 6.10 Å². The number of rotatable bonds is 8. The SMILES string of the molecule is COc1ccc(OCC(O)CNC(C)C2CCCC2)cc1. The second kappa shape index (κ2) is 8.25. The molecule has 21 heavy (non-hydrogen) atoms. The molecular formula is C17H27NO3. The van der Waals surface area contributed by atoms with Crippen molar-refractivity contribution < 1.29 is 14.6 Å². The quantitative estimate of drug-likeness (QED) is 0.773. The van der Waals surface area contributed by atoms with Gasteiger partial charge >= 0.3 is 0 Å². The molecule has 1 aromatic rings. The average Bonchev–Trinajstić information content (AvgIpc) is 3.05. The second-order valence-corrected chi connectivity index (χ2v) is 5.88. The minimum atomic E-state index is -0.490. The van der Waals surface area contributed by atoms with Gasteiger partial charge in [0.2, 0.25) is 0 Å². The molecule has 0 aromatic heterocycles. The largest absolute Gasteiger partial charge is 0.497 e. The standard InChI is InChI=1S/C17H27NO3/c1-13(14-5-3-4-6-14)18-11-15(19)12-21-17-9-7-16(20-2)8-10-17/h7-10,13-15,18-19H,3-6,11-12H2,1-2H3. The predicted molar refractivity (Wildman–Crippen MR) is 83.9 cm³/mol. The van der Waals surface area contributed by atoms with Crippen LogP contribution in [0.2, 0.25) is 0 Å². The maximum Gasteiger partial charge on any atom is 0.119 e. The first kappa shape index (κ1) is 16.1. The van der Waals surface area contributed by atoms with E-state index in [0.29, 0.717) is 19.2 Å². The number of nitrogens with one attached hydrogen (secondary N) is 1. The molecule has 0 spiro atoms. The van der Waals surface area contributed by atoms with Crippen molar-refractivity contribution in [2.45, 2.75) is 44.8 Å². The summed E-state index contributed by atoms with van der Waals surface area (Å²) in [5.74, 6) is 2.31. The monoisotopic (exact) mass is 293 g/mol. The van der Waals surface area contributed by atoms with Gasteiger partial charge in [-0.2, -0.15) is 0 Å². The van der Waals surface area contributed by atoms with Gasteiger partial charge < -0.3 is 19.9 Å². The Kier molecular flexibility index (Phi) is 6.33. The zero-order valence-electron chi connectivity index (χ0n) is 13.0. The van der Waals surface area contributed by atoms with E-state index in [4.69, 9.17) is 9.47 Å². The molecule has 2 rings (SSSR count). The summed E-state index contributed by atoms with van der Waals surface area (Å²) in [7, 11) is 1.64. The number of aliphatic hydroxyl groups is 1. The molecule has 118 valence electrons. The molecular weight excluding hydrogens is 266 g/mol. The molecule has 1 aromatic carbocycles. The van der Waals surface area contributed by atoms with E-state index in [-0.39, 0.29) is 0 Å². The van der Waals surface area contributed by atoms with Gasteiger partial charge in [-0.05, 0) is 49.9 Å². The Balaban J connectivity index is 1.65. The smallest absolute Gasteiger partial charge is 0.119 e. The van der Waals surface area contributed by atoms with Crippen LogP contribution in [-0.2, 0) is 0 Å². The van der Waals surface area contributed by atoms with Gasteiger partial charge in [0, 0.05) is 12.6 Å². The van der Waals surface area contributed by atoms with E-state index >= 15 is 0 Å². The van der Waals surface area contributed by atoms with Gasteiger partial charge in [0.15, 0.2) is 0 Å². The Morgan fingerprint density at radius 2 is 1.81 bits per heavy atom. The highest BCUT2D eigenvalue weighted by Gasteiger charge is 2.21. The van der Waals surface area contributed by atoms with Gasteiger partial charge in [-0.25, -0.2) is 0 Å². The molecule has 2 N–H and O–H groups in total. The zero-order chi connectivity index (χ0) is 15.1. The molecule has 0 radical (unpaired) electrons. The molecule has 0 saturated heterocycles. The highest BCUT2D eigenvalue weighted by atomic mass is 16.5. The van der Waals surface area contributed by atoms with Crippen molar-refractivity contribution in [2.75, 3.05) is 20.3 Å². The third-order valence-electron chi connectivity index (χ3n) is 4.28. The lowest BCUT2D eigenvalue weighted by atomic mass is 10.00. The third-order valence-corrected chi connectivity index (χ3v) is 4.28. The molecule has 0 aliphatic heterocycles. The van der Waals surface area contributed by atoms with E-state index in [1.54, 1.807) is 7.11 Å². The van der Waals surface area contributed by atoms with Crippen LogP contribution in [0.4, 0.5) is 0 Å². The van der Waals surface area contributed by atoms with E-state index in [1.165, 1.54) is 25.7 Å². The van der Waals surface area contributed by atoms with Gasteiger partial charge in [0.05, 0.1) is 7.11 Å². The Hall–Kier alpha value is -1.26. The maximum atomic E-state index is 9.99. The summed E-state index contributed by atoms with van der Waals surface area (Å²) in [4.78, 5) is 0. The highest BCUT2D eigenvalue weighted by molar-refractivity contribution is 5.31. The summed E-state index contributed by atoms with van der Waals surface area (Å²) in [6.07, 6.45) is 4.83. The number of methoxy groups -OCH3 is 1. The molecule has 1 fully saturated rings. The lowest BCUT2D eigenvalue weighted by Gasteiger charge is -2.22. The Labute approximate surface area is 127 Å². The van der Waals surface area contributed by atoms with Crippen molar-refractivity contribution in [1.29, 1.82) is 0 Å². The summed E-state index contributed by atoms with van der Waals surface area (Å²) in [6.45, 7) is 3.09. The minimum absolute atomic E-state index is 0.302. The van der Waals surface area contributed by atoms with Crippen LogP contribution in [0.5, 0.6) is 11.5 Å². The number of hydrogen-bond donors (Lipinski definition) is 2. The van der Waals surface area contributed by atoms with Crippen LogP contribution in [-0.4, -0.2) is 37.5 Å². The fourth-order valence-electron chi connectivity index (χ4n) is 2.87. The Bertz CT molecular complexity index is 401. The normalized spacial score (nSPS) is 18.4. The second-order valence-electron chi connectivity index (χ2n) is 5.88. The molecule has 4 nitrogen and oxygen atoms in total. The van der Waals surface area contributed by atoms with Crippen molar-refractivity contribution in [3.05, 3.63) is 24.3 Å². The van der Waals surface area contributed by atoms with E-state index in [2.05, 4.69) is 12.2 Å². The van der Waals surface area contributed by atoms with E-state index in [9.17, 15) is 5.11 Å². The van der Waals surface area contributed by atoms with Crippen molar-refractivity contribution >= 4 is 0 Å². The number of benzene rings is 1. The van der Waals surface area contributed by atoms with Crippen LogP contribution in [0, 0.1) is 5.92 Å². The predicted octanol–water partition coefficient (Wildman–Crippen LogP) is 2.60. The van der Waals surface area contributed by atoms with Crippen molar-refractivity contribution in [2.24, 2.45) is 5.92 Å². The first-order valence-corrected chi connectivity index (χ1v) is 7.87. The van der Waals surface area contributed by atoms with Crippen molar-refractivity contribution in [3.8, 4) is 11.5 Å². The maximum absolute atomic E-state index is 9.99. The topological polar surface area (TPSA) is 50.7 Å². The molecule has 2 atom stereocenters. The molecule has 0 bridgehead atoms. The van der Waals surface area contributed by atoms with Crippen LogP contribution >= 0.6 is 0 Å². The summed E-state index contributed by atoms with van der Waals surface area (Å²) in [5.41, 5.74) is 0. The molecule has 1 aliphatic rings. The van der Waals surface area contributed by atoms with E-state index in [0.717, 1.165) is 17.4 Å². The van der Waals surface area contributed by atoms with Crippen LogP contribution in [0.15, 0.2) is 24.3 Å². The number of aliphatic hydroxyl groups excluding tert-OH is 1. The van der Waals surface area contributed by atoms with E-state index in [1.807, 2.05) is 24.3 Å². The number of ether oxygens (including phenoxy) is 2. The van der Waals surface area contributed by atoms with Gasteiger partial charge in [-0.15, -0.1) is 0 Å². The van der Waals surface area contributed by atoms with Crippen molar-refractivity contribution in [3.63, 3.8) is 0 Å². The Morgan fingerprint density at radius 3 is 2.43 bits per heavy atom. The lowest BCUT2D eigenvalue weighted by molar-refractivity contribution is 0.102. The molecule has 0 amide bonds. The van der Waals surface area contributed by atoms with Gasteiger partial charge in [0.25, 0.3) is 0 Å². The first-order valence-electron chi connectivity index (χ1n) is 7.87. The van der Waals surface area contributed by atoms with Crippen molar-refractivity contribution in [1.82, 2.24) is 5.32 Å². The minimum Gasteiger partial charge on any atom is -0.497 e. The third kappa shape index (κ3) is 5.21. The fourth-order valence-corrected chi connectivity index (χ4v) is 2.87. The molecule has 0 heterocycles. The molecule has 1 aliphatic carbocycles. The average molecular weight is 293 g/mol. The summed E-state index contributed by atoms with van der Waals surface area (Å²) >= 11 is 0. The Morgan fingerprint density at radius 1 is 1.19 bits per heavy atom. The fraction of sp³-hybridized carbons (Fsp3) is 0.647. The molecule has 1 saturated carbocycles. The molecule has 2 unspecified atom stereocenters. The van der Waals surface area contributed by atoms with Gasteiger partial charge in [-0.3, -0.25) is 0 Å². The zero-order valence-corrected chi connectivity index (χ0v) is 13.0. The van der Waals surface area contributed by atoms with Gasteiger partial charge in [-0.1, -0.05) is 12.8 Å². The van der Waals surface area contributed by atoms with Crippen LogP contribution < -0.4 is 14.8 Å².